The van der Waals surface area contributed by atoms with Crippen LogP contribution in [0.5, 0.6) is 11.5 Å². The molecule has 1 amide bonds. The monoisotopic (exact) mass is 365 g/mol. The number of hydrogen-bond acceptors (Lipinski definition) is 3. The second-order valence-corrected chi connectivity index (χ2v) is 6.23. The fourth-order valence-corrected chi connectivity index (χ4v) is 3.11. The van der Waals surface area contributed by atoms with Crippen LogP contribution in [-0.4, -0.2) is 30.6 Å². The standard InChI is InChI=1S/C18H17Cl2NO3/c1-2-21(18(22)14-7-6-13(19)10-15(14)20)11-12-4-3-5-16-17(12)24-9-8-23-16/h3-7,10H,2,8-9,11H2,1H3. The number of rotatable bonds is 4. The molecule has 0 spiro atoms. The van der Waals surface area contributed by atoms with Crippen molar-refractivity contribution in [3.05, 3.63) is 57.6 Å². The highest BCUT2D eigenvalue weighted by Gasteiger charge is 2.21. The predicted molar refractivity (Wildman–Crippen MR) is 94.3 cm³/mol. The molecule has 0 saturated heterocycles. The summed E-state index contributed by atoms with van der Waals surface area (Å²) in [6.07, 6.45) is 0. The van der Waals surface area contributed by atoms with Gasteiger partial charge in [0.1, 0.15) is 13.2 Å². The Balaban J connectivity index is 1.86. The molecule has 1 heterocycles. The van der Waals surface area contributed by atoms with Gasteiger partial charge >= 0.3 is 0 Å². The van der Waals surface area contributed by atoms with E-state index in [2.05, 4.69) is 0 Å². The van der Waals surface area contributed by atoms with E-state index in [-0.39, 0.29) is 5.91 Å². The summed E-state index contributed by atoms with van der Waals surface area (Å²) in [6, 6.07) is 10.6. The number of carbonyl (C=O) groups is 1. The summed E-state index contributed by atoms with van der Waals surface area (Å²) in [6.45, 7) is 3.93. The Morgan fingerprint density at radius 1 is 1.17 bits per heavy atom. The Morgan fingerprint density at radius 2 is 1.96 bits per heavy atom. The first-order chi connectivity index (χ1) is 11.6. The largest absolute Gasteiger partial charge is 0.486 e. The molecule has 0 atom stereocenters. The fourth-order valence-electron chi connectivity index (χ4n) is 2.62. The van der Waals surface area contributed by atoms with Crippen molar-refractivity contribution in [1.82, 2.24) is 4.90 Å². The normalized spacial score (nSPS) is 12.8. The Kier molecular flexibility index (Phi) is 5.17. The van der Waals surface area contributed by atoms with Crippen LogP contribution in [0.3, 0.4) is 0 Å². The third-order valence-electron chi connectivity index (χ3n) is 3.84. The molecular weight excluding hydrogens is 349 g/mol. The summed E-state index contributed by atoms with van der Waals surface area (Å²) >= 11 is 12.1. The molecular formula is C18H17Cl2NO3. The molecule has 24 heavy (non-hydrogen) atoms. The lowest BCUT2D eigenvalue weighted by Gasteiger charge is -2.25. The highest BCUT2D eigenvalue weighted by molar-refractivity contribution is 6.36. The smallest absolute Gasteiger partial charge is 0.255 e. The number of nitrogens with zero attached hydrogens (tertiary/aromatic N) is 1. The van der Waals surface area contributed by atoms with Gasteiger partial charge in [-0.25, -0.2) is 0 Å². The zero-order chi connectivity index (χ0) is 17.1. The highest BCUT2D eigenvalue weighted by Crippen LogP contribution is 2.34. The Morgan fingerprint density at radius 3 is 2.71 bits per heavy atom. The first kappa shape index (κ1) is 16.9. The lowest BCUT2D eigenvalue weighted by atomic mass is 10.1. The van der Waals surface area contributed by atoms with Gasteiger partial charge in [0.15, 0.2) is 11.5 Å². The molecule has 2 aromatic carbocycles. The minimum Gasteiger partial charge on any atom is -0.486 e. The van der Waals surface area contributed by atoms with Crippen molar-refractivity contribution < 1.29 is 14.3 Å². The van der Waals surface area contributed by atoms with Gasteiger partial charge in [-0.1, -0.05) is 35.3 Å². The van der Waals surface area contributed by atoms with Crippen molar-refractivity contribution in [2.75, 3.05) is 19.8 Å². The molecule has 2 aromatic rings. The molecule has 1 aliphatic rings. The first-order valence-corrected chi connectivity index (χ1v) is 8.47. The molecule has 0 fully saturated rings. The van der Waals surface area contributed by atoms with Crippen molar-refractivity contribution in [1.29, 1.82) is 0 Å². The second kappa shape index (κ2) is 7.32. The maximum Gasteiger partial charge on any atom is 0.255 e. The molecule has 6 heteroatoms. The van der Waals surface area contributed by atoms with E-state index < -0.39 is 0 Å². The van der Waals surface area contributed by atoms with Crippen LogP contribution in [0.1, 0.15) is 22.8 Å². The lowest BCUT2D eigenvalue weighted by molar-refractivity contribution is 0.0749. The topological polar surface area (TPSA) is 38.8 Å². The van der Waals surface area contributed by atoms with Crippen molar-refractivity contribution in [3.63, 3.8) is 0 Å². The van der Waals surface area contributed by atoms with Crippen LogP contribution >= 0.6 is 23.2 Å². The number of para-hydroxylation sites is 1. The number of fused-ring (bicyclic) bond motifs is 1. The summed E-state index contributed by atoms with van der Waals surface area (Å²) in [5.41, 5.74) is 1.34. The van der Waals surface area contributed by atoms with E-state index in [1.807, 2.05) is 25.1 Å². The first-order valence-electron chi connectivity index (χ1n) is 7.72. The molecule has 0 radical (unpaired) electrons. The van der Waals surface area contributed by atoms with E-state index in [0.717, 1.165) is 5.56 Å². The Labute approximate surface area is 150 Å². The molecule has 4 nitrogen and oxygen atoms in total. The van der Waals surface area contributed by atoms with Crippen LogP contribution in [-0.2, 0) is 6.54 Å². The van der Waals surface area contributed by atoms with Crippen molar-refractivity contribution in [2.24, 2.45) is 0 Å². The van der Waals surface area contributed by atoms with Gasteiger partial charge in [0.05, 0.1) is 10.6 Å². The summed E-state index contributed by atoms with van der Waals surface area (Å²) < 4.78 is 11.3. The maximum atomic E-state index is 12.8. The summed E-state index contributed by atoms with van der Waals surface area (Å²) in [5.74, 6) is 1.28. The summed E-state index contributed by atoms with van der Waals surface area (Å²) in [5, 5.41) is 0.850. The molecule has 1 aliphatic heterocycles. The number of ether oxygens (including phenoxy) is 2. The maximum absolute atomic E-state index is 12.8. The quantitative estimate of drug-likeness (QED) is 0.804. The van der Waals surface area contributed by atoms with Crippen molar-refractivity contribution in [3.8, 4) is 11.5 Å². The minimum atomic E-state index is -0.145. The van der Waals surface area contributed by atoms with Gasteiger partial charge in [0, 0.05) is 23.7 Å². The van der Waals surface area contributed by atoms with E-state index >= 15 is 0 Å². The molecule has 0 aromatic heterocycles. The van der Waals surface area contributed by atoms with E-state index in [9.17, 15) is 4.79 Å². The van der Waals surface area contributed by atoms with E-state index in [0.29, 0.717) is 53.4 Å². The van der Waals surface area contributed by atoms with Crippen LogP contribution in [0, 0.1) is 0 Å². The number of halogens is 2. The molecule has 0 aliphatic carbocycles. The van der Waals surface area contributed by atoms with Crippen LogP contribution in [0.25, 0.3) is 0 Å². The molecule has 0 bridgehead atoms. The third-order valence-corrected chi connectivity index (χ3v) is 4.39. The third kappa shape index (κ3) is 3.45. The van der Waals surface area contributed by atoms with Crippen molar-refractivity contribution in [2.45, 2.75) is 13.5 Å². The van der Waals surface area contributed by atoms with Gasteiger partial charge in [-0.2, -0.15) is 0 Å². The van der Waals surface area contributed by atoms with E-state index in [1.54, 1.807) is 23.1 Å². The zero-order valence-corrected chi connectivity index (χ0v) is 14.7. The van der Waals surface area contributed by atoms with Gasteiger partial charge in [-0.15, -0.1) is 0 Å². The number of amides is 1. The number of benzene rings is 2. The lowest BCUT2D eigenvalue weighted by Crippen LogP contribution is -2.31. The van der Waals surface area contributed by atoms with Gasteiger partial charge in [0.2, 0.25) is 0 Å². The SMILES string of the molecule is CCN(Cc1cccc2c1OCCO2)C(=O)c1ccc(Cl)cc1Cl. The molecule has 126 valence electrons. The fraction of sp³-hybridized carbons (Fsp3) is 0.278. The molecule has 0 N–H and O–H groups in total. The second-order valence-electron chi connectivity index (χ2n) is 5.38. The number of carbonyl (C=O) groups excluding carboxylic acids is 1. The van der Waals surface area contributed by atoms with E-state index in [1.165, 1.54) is 0 Å². The van der Waals surface area contributed by atoms with Crippen LogP contribution in [0.4, 0.5) is 0 Å². The molecule has 3 rings (SSSR count). The number of hydrogen-bond donors (Lipinski definition) is 0. The Bertz CT molecular complexity index is 764. The minimum absolute atomic E-state index is 0.145. The van der Waals surface area contributed by atoms with Gasteiger partial charge in [-0.3, -0.25) is 4.79 Å². The summed E-state index contributed by atoms with van der Waals surface area (Å²) in [4.78, 5) is 14.5. The van der Waals surface area contributed by atoms with Gasteiger partial charge in [0.25, 0.3) is 5.91 Å². The van der Waals surface area contributed by atoms with Crippen molar-refractivity contribution >= 4 is 29.1 Å². The van der Waals surface area contributed by atoms with Crippen LogP contribution in [0.15, 0.2) is 36.4 Å². The average molecular weight is 366 g/mol. The summed E-state index contributed by atoms with van der Waals surface area (Å²) in [7, 11) is 0. The molecule has 0 saturated carbocycles. The van der Waals surface area contributed by atoms with Gasteiger partial charge in [-0.05, 0) is 31.2 Å². The van der Waals surface area contributed by atoms with Crippen LogP contribution < -0.4 is 9.47 Å². The highest BCUT2D eigenvalue weighted by atomic mass is 35.5. The molecule has 0 unspecified atom stereocenters. The van der Waals surface area contributed by atoms with E-state index in [4.69, 9.17) is 32.7 Å². The van der Waals surface area contributed by atoms with Gasteiger partial charge < -0.3 is 14.4 Å². The van der Waals surface area contributed by atoms with Crippen LogP contribution in [0.2, 0.25) is 10.0 Å². The predicted octanol–water partition coefficient (Wildman–Crippen LogP) is 4.43. The zero-order valence-electron chi connectivity index (χ0n) is 13.2. The Hall–Kier alpha value is -1.91. The average Bonchev–Trinajstić information content (AvgIpc) is 2.59.